The lowest BCUT2D eigenvalue weighted by Gasteiger charge is -2.25. The Labute approximate surface area is 91.3 Å². The van der Waals surface area contributed by atoms with E-state index in [0.29, 0.717) is 0 Å². The van der Waals surface area contributed by atoms with Crippen LogP contribution in [0.15, 0.2) is 24.5 Å². The number of hydrogen-bond acceptors (Lipinski definition) is 2. The largest absolute Gasteiger partial charge is 0.379 e. The van der Waals surface area contributed by atoms with Crippen LogP contribution in [-0.2, 0) is 11.3 Å². The predicted molar refractivity (Wildman–Crippen MR) is 58.6 cm³/mol. The molecule has 1 aliphatic heterocycles. The zero-order valence-electron chi connectivity index (χ0n) is 9.35. The van der Waals surface area contributed by atoms with Crippen molar-refractivity contribution >= 4 is 0 Å². The summed E-state index contributed by atoms with van der Waals surface area (Å²) in [6.45, 7) is 8.24. The molecule has 82 valence electrons. The van der Waals surface area contributed by atoms with Crippen molar-refractivity contribution in [2.75, 3.05) is 32.8 Å². The number of nitrogens with zero attached hydrogens (tertiary/aromatic N) is 2. The van der Waals surface area contributed by atoms with Gasteiger partial charge in [0.15, 0.2) is 18.9 Å². The summed E-state index contributed by atoms with van der Waals surface area (Å²) >= 11 is 0. The second-order valence-electron chi connectivity index (χ2n) is 4.07. The van der Waals surface area contributed by atoms with Crippen LogP contribution < -0.4 is 4.57 Å². The van der Waals surface area contributed by atoms with E-state index in [1.165, 1.54) is 5.56 Å². The molecule has 0 atom stereocenters. The van der Waals surface area contributed by atoms with Crippen molar-refractivity contribution in [3.63, 3.8) is 0 Å². The smallest absolute Gasteiger partial charge is 0.169 e. The molecule has 0 spiro atoms. The van der Waals surface area contributed by atoms with Gasteiger partial charge in [-0.1, -0.05) is 0 Å². The lowest BCUT2D eigenvalue weighted by molar-refractivity contribution is -0.696. The Morgan fingerprint density at radius 1 is 1.27 bits per heavy atom. The average molecular weight is 207 g/mol. The van der Waals surface area contributed by atoms with Crippen molar-refractivity contribution < 1.29 is 9.30 Å². The normalized spacial score (nSPS) is 17.9. The maximum absolute atomic E-state index is 5.32. The quantitative estimate of drug-likeness (QED) is 0.675. The van der Waals surface area contributed by atoms with Gasteiger partial charge in [0.2, 0.25) is 0 Å². The monoisotopic (exact) mass is 207 g/mol. The number of ether oxygens (including phenoxy) is 1. The number of pyridine rings is 1. The molecule has 0 bridgehead atoms. The number of hydrogen-bond donors (Lipinski definition) is 0. The molecular weight excluding hydrogens is 188 g/mol. The van der Waals surface area contributed by atoms with Gasteiger partial charge in [-0.05, 0) is 12.5 Å². The molecular formula is C12H19N2O+. The van der Waals surface area contributed by atoms with E-state index in [4.69, 9.17) is 4.74 Å². The molecule has 0 unspecified atom stereocenters. The van der Waals surface area contributed by atoms with E-state index in [2.05, 4.69) is 40.9 Å². The fraction of sp³-hybridized carbons (Fsp3) is 0.583. The molecule has 2 rings (SSSR count). The molecule has 0 aromatic carbocycles. The van der Waals surface area contributed by atoms with Crippen LogP contribution in [0, 0.1) is 6.92 Å². The lowest BCUT2D eigenvalue weighted by Crippen LogP contribution is -2.44. The minimum atomic E-state index is 0.887. The number of aryl methyl sites for hydroxylation is 1. The number of morpholine rings is 1. The van der Waals surface area contributed by atoms with Gasteiger partial charge >= 0.3 is 0 Å². The van der Waals surface area contributed by atoms with Gasteiger partial charge in [0, 0.05) is 25.2 Å². The molecule has 0 N–H and O–H groups in total. The van der Waals surface area contributed by atoms with Gasteiger partial charge in [-0.3, -0.25) is 4.90 Å². The minimum absolute atomic E-state index is 0.887. The third-order valence-electron chi connectivity index (χ3n) is 2.84. The maximum atomic E-state index is 5.32. The van der Waals surface area contributed by atoms with E-state index in [1.807, 2.05) is 0 Å². The summed E-state index contributed by atoms with van der Waals surface area (Å²) in [5.74, 6) is 0. The lowest BCUT2D eigenvalue weighted by atomic mass is 10.3. The Hall–Kier alpha value is -0.930. The molecule has 0 saturated carbocycles. The maximum Gasteiger partial charge on any atom is 0.169 e. The van der Waals surface area contributed by atoms with E-state index in [-0.39, 0.29) is 0 Å². The van der Waals surface area contributed by atoms with Crippen molar-refractivity contribution in [3.8, 4) is 0 Å². The third-order valence-corrected chi connectivity index (χ3v) is 2.84. The highest BCUT2D eigenvalue weighted by molar-refractivity contribution is 5.03. The minimum Gasteiger partial charge on any atom is -0.379 e. The van der Waals surface area contributed by atoms with Crippen LogP contribution in [0.4, 0.5) is 0 Å². The van der Waals surface area contributed by atoms with E-state index in [9.17, 15) is 0 Å². The highest BCUT2D eigenvalue weighted by Crippen LogP contribution is 1.96. The zero-order valence-corrected chi connectivity index (χ0v) is 9.35. The standard InChI is InChI=1S/C12H19N2O/c1-12-2-4-13(5-3-12)6-7-14-8-10-15-11-9-14/h2-5H,6-11H2,1H3/q+1. The van der Waals surface area contributed by atoms with Crippen LogP contribution in [0.25, 0.3) is 0 Å². The van der Waals surface area contributed by atoms with Crippen LogP contribution in [0.2, 0.25) is 0 Å². The van der Waals surface area contributed by atoms with Crippen LogP contribution in [0.1, 0.15) is 5.56 Å². The molecule has 3 heteroatoms. The van der Waals surface area contributed by atoms with Gasteiger partial charge in [0.05, 0.1) is 19.8 Å². The highest BCUT2D eigenvalue weighted by Gasteiger charge is 2.11. The predicted octanol–water partition coefficient (Wildman–Crippen LogP) is 0.615. The summed E-state index contributed by atoms with van der Waals surface area (Å²) in [7, 11) is 0. The van der Waals surface area contributed by atoms with E-state index >= 15 is 0 Å². The highest BCUT2D eigenvalue weighted by atomic mass is 16.5. The average Bonchev–Trinajstić information content (AvgIpc) is 2.30. The van der Waals surface area contributed by atoms with Gasteiger partial charge in [-0.2, -0.15) is 0 Å². The zero-order chi connectivity index (χ0) is 10.5. The first-order valence-corrected chi connectivity index (χ1v) is 5.60. The molecule has 0 radical (unpaired) electrons. The molecule has 0 aliphatic carbocycles. The van der Waals surface area contributed by atoms with Crippen molar-refractivity contribution in [3.05, 3.63) is 30.1 Å². The van der Waals surface area contributed by atoms with E-state index in [1.54, 1.807) is 0 Å². The first kappa shape index (κ1) is 10.6. The Morgan fingerprint density at radius 3 is 2.60 bits per heavy atom. The Kier molecular flexibility index (Phi) is 3.69. The van der Waals surface area contributed by atoms with E-state index < -0.39 is 0 Å². The summed E-state index contributed by atoms with van der Waals surface area (Å²) in [5, 5.41) is 0. The van der Waals surface area contributed by atoms with Crippen LogP contribution in [-0.4, -0.2) is 37.7 Å². The second kappa shape index (κ2) is 5.24. The molecule has 15 heavy (non-hydrogen) atoms. The number of rotatable bonds is 3. The second-order valence-corrected chi connectivity index (χ2v) is 4.07. The van der Waals surface area contributed by atoms with Crippen molar-refractivity contribution in [1.82, 2.24) is 4.90 Å². The fourth-order valence-electron chi connectivity index (χ4n) is 1.76. The Bertz CT molecular complexity index is 291. The Morgan fingerprint density at radius 2 is 1.93 bits per heavy atom. The topological polar surface area (TPSA) is 16.4 Å². The van der Waals surface area contributed by atoms with Crippen LogP contribution in [0.5, 0.6) is 0 Å². The number of aromatic nitrogens is 1. The van der Waals surface area contributed by atoms with Gasteiger partial charge in [0.25, 0.3) is 0 Å². The summed E-state index contributed by atoms with van der Waals surface area (Å²) in [6, 6.07) is 4.30. The summed E-state index contributed by atoms with van der Waals surface area (Å²) in [4.78, 5) is 2.45. The van der Waals surface area contributed by atoms with Gasteiger partial charge in [-0.25, -0.2) is 4.57 Å². The van der Waals surface area contributed by atoms with Gasteiger partial charge < -0.3 is 4.74 Å². The van der Waals surface area contributed by atoms with Crippen LogP contribution in [0.3, 0.4) is 0 Å². The molecule has 0 amide bonds. The molecule has 1 aromatic rings. The summed E-state index contributed by atoms with van der Waals surface area (Å²) in [5.41, 5.74) is 1.32. The van der Waals surface area contributed by atoms with Crippen molar-refractivity contribution in [2.45, 2.75) is 13.5 Å². The van der Waals surface area contributed by atoms with Gasteiger partial charge in [0.1, 0.15) is 0 Å². The molecule has 1 fully saturated rings. The van der Waals surface area contributed by atoms with Crippen molar-refractivity contribution in [1.29, 1.82) is 0 Å². The van der Waals surface area contributed by atoms with E-state index in [0.717, 1.165) is 39.4 Å². The van der Waals surface area contributed by atoms with Crippen LogP contribution >= 0.6 is 0 Å². The van der Waals surface area contributed by atoms with Crippen molar-refractivity contribution in [2.24, 2.45) is 0 Å². The molecule has 3 nitrogen and oxygen atoms in total. The first-order valence-electron chi connectivity index (χ1n) is 5.60. The molecule has 1 aromatic heterocycles. The summed E-state index contributed by atoms with van der Waals surface area (Å²) in [6.07, 6.45) is 4.30. The first-order chi connectivity index (χ1) is 7.34. The van der Waals surface area contributed by atoms with Gasteiger partial charge in [-0.15, -0.1) is 0 Å². The molecule has 2 heterocycles. The molecule has 1 aliphatic rings. The molecule has 1 saturated heterocycles. The summed E-state index contributed by atoms with van der Waals surface area (Å²) < 4.78 is 7.56. The third kappa shape index (κ3) is 3.29. The fourth-order valence-corrected chi connectivity index (χ4v) is 1.76. The SMILES string of the molecule is Cc1cc[n+](CCN2CCOCC2)cc1. The Balaban J connectivity index is 1.79.